The van der Waals surface area contributed by atoms with Gasteiger partial charge in [0, 0.05) is 5.56 Å². The van der Waals surface area contributed by atoms with E-state index in [1.165, 1.54) is 0 Å². The van der Waals surface area contributed by atoms with Crippen LogP contribution in [-0.2, 0) is 0 Å². The van der Waals surface area contributed by atoms with Gasteiger partial charge in [0.25, 0.3) is 0 Å². The fraction of sp³-hybridized carbons (Fsp3) is 0.143. The minimum atomic E-state index is 0.639. The van der Waals surface area contributed by atoms with Crippen LogP contribution < -0.4 is 16.0 Å². The lowest BCUT2D eigenvalue weighted by atomic mass is 10.1. The quantitative estimate of drug-likeness (QED) is 0.572. The summed E-state index contributed by atoms with van der Waals surface area (Å²) in [5, 5.41) is 2.91. The maximum absolute atomic E-state index is 5.54. The molecule has 2 aromatic heterocycles. The number of fused-ring (bicyclic) bond motifs is 1. The number of hydrogen-bond acceptors (Lipinski definition) is 6. The Balaban J connectivity index is 2.16. The third kappa shape index (κ3) is 2.09. The Kier molecular flexibility index (Phi) is 3.25. The molecule has 0 atom stereocenters. The molecule has 0 spiro atoms. The standard InChI is InChI=1S/C14H14N4OS/c1-8-7-9(3-4-11(8)19-2)12-16-13(18-15)10-5-6-20-14(10)17-12/h3-7H,15H2,1-2H3,(H,16,17,18). The molecule has 0 fully saturated rings. The first-order valence-electron chi connectivity index (χ1n) is 6.10. The van der Waals surface area contributed by atoms with Crippen molar-refractivity contribution in [2.24, 2.45) is 5.84 Å². The Morgan fingerprint density at radius 3 is 2.80 bits per heavy atom. The number of aromatic nitrogens is 2. The molecular formula is C14H14N4OS. The molecule has 0 aliphatic carbocycles. The maximum Gasteiger partial charge on any atom is 0.163 e. The second-order valence-corrected chi connectivity index (χ2v) is 5.26. The number of aryl methyl sites for hydroxylation is 1. The van der Waals surface area contributed by atoms with Gasteiger partial charge in [-0.05, 0) is 42.1 Å². The van der Waals surface area contributed by atoms with Crippen molar-refractivity contribution in [1.82, 2.24) is 9.97 Å². The van der Waals surface area contributed by atoms with E-state index in [0.29, 0.717) is 11.6 Å². The number of methoxy groups -OCH3 is 1. The van der Waals surface area contributed by atoms with Gasteiger partial charge in [-0.2, -0.15) is 0 Å². The van der Waals surface area contributed by atoms with E-state index in [1.807, 2.05) is 36.6 Å². The van der Waals surface area contributed by atoms with Crippen LogP contribution in [0.1, 0.15) is 5.56 Å². The van der Waals surface area contributed by atoms with E-state index in [9.17, 15) is 0 Å². The minimum absolute atomic E-state index is 0.639. The zero-order valence-corrected chi connectivity index (χ0v) is 12.0. The number of rotatable bonds is 3. The summed E-state index contributed by atoms with van der Waals surface area (Å²) < 4.78 is 5.27. The predicted molar refractivity (Wildman–Crippen MR) is 82.0 cm³/mol. The predicted octanol–water partition coefficient (Wildman–Crippen LogP) is 2.96. The van der Waals surface area contributed by atoms with Crippen LogP contribution in [-0.4, -0.2) is 17.1 Å². The number of benzene rings is 1. The first kappa shape index (κ1) is 12.8. The summed E-state index contributed by atoms with van der Waals surface area (Å²) in [6.45, 7) is 1.99. The number of nitrogens with zero attached hydrogens (tertiary/aromatic N) is 2. The van der Waals surface area contributed by atoms with E-state index in [2.05, 4.69) is 15.4 Å². The summed E-state index contributed by atoms with van der Waals surface area (Å²) in [5.74, 6) is 7.68. The van der Waals surface area contributed by atoms with E-state index in [1.54, 1.807) is 18.4 Å². The summed E-state index contributed by atoms with van der Waals surface area (Å²) in [4.78, 5) is 9.97. The lowest BCUT2D eigenvalue weighted by Gasteiger charge is -2.08. The smallest absolute Gasteiger partial charge is 0.163 e. The molecule has 6 heteroatoms. The van der Waals surface area contributed by atoms with Crippen LogP contribution in [0.25, 0.3) is 21.6 Å². The van der Waals surface area contributed by atoms with Crippen LogP contribution in [0.15, 0.2) is 29.6 Å². The van der Waals surface area contributed by atoms with Crippen molar-refractivity contribution in [2.45, 2.75) is 6.92 Å². The van der Waals surface area contributed by atoms with Gasteiger partial charge in [0.1, 0.15) is 10.6 Å². The Morgan fingerprint density at radius 1 is 1.25 bits per heavy atom. The van der Waals surface area contributed by atoms with E-state index >= 15 is 0 Å². The third-order valence-corrected chi connectivity index (χ3v) is 3.92. The van der Waals surface area contributed by atoms with Crippen LogP contribution in [0.4, 0.5) is 5.82 Å². The number of hydrogen-bond donors (Lipinski definition) is 2. The van der Waals surface area contributed by atoms with Crippen molar-refractivity contribution in [1.29, 1.82) is 0 Å². The topological polar surface area (TPSA) is 73.1 Å². The van der Waals surface area contributed by atoms with Gasteiger partial charge >= 0.3 is 0 Å². The molecule has 5 nitrogen and oxygen atoms in total. The molecule has 3 N–H and O–H groups in total. The molecule has 0 aliphatic heterocycles. The van der Waals surface area contributed by atoms with Gasteiger partial charge in [-0.3, -0.25) is 0 Å². The summed E-state index contributed by atoms with van der Waals surface area (Å²) in [5.41, 5.74) is 4.62. The van der Waals surface area contributed by atoms with Crippen LogP contribution >= 0.6 is 11.3 Å². The fourth-order valence-electron chi connectivity index (χ4n) is 2.11. The first-order chi connectivity index (χ1) is 9.72. The molecule has 3 aromatic rings. The van der Waals surface area contributed by atoms with Gasteiger partial charge in [0.05, 0.1) is 12.5 Å². The molecule has 0 amide bonds. The zero-order chi connectivity index (χ0) is 14.1. The van der Waals surface area contributed by atoms with E-state index in [-0.39, 0.29) is 0 Å². The molecule has 0 saturated carbocycles. The fourth-order valence-corrected chi connectivity index (χ4v) is 2.88. The van der Waals surface area contributed by atoms with E-state index < -0.39 is 0 Å². The highest BCUT2D eigenvalue weighted by Gasteiger charge is 2.10. The van der Waals surface area contributed by atoms with Gasteiger partial charge in [-0.15, -0.1) is 11.3 Å². The molecule has 20 heavy (non-hydrogen) atoms. The molecule has 0 radical (unpaired) electrons. The van der Waals surface area contributed by atoms with Crippen LogP contribution in [0.3, 0.4) is 0 Å². The SMILES string of the molecule is COc1ccc(-c2nc(NN)c3ccsc3n2)cc1C. The lowest BCUT2D eigenvalue weighted by Crippen LogP contribution is -2.09. The zero-order valence-electron chi connectivity index (χ0n) is 11.2. The van der Waals surface area contributed by atoms with Crippen molar-refractivity contribution in [3.05, 3.63) is 35.2 Å². The number of ether oxygens (including phenoxy) is 1. The summed E-state index contributed by atoms with van der Waals surface area (Å²) >= 11 is 1.57. The largest absolute Gasteiger partial charge is 0.496 e. The maximum atomic E-state index is 5.54. The molecule has 1 aromatic carbocycles. The van der Waals surface area contributed by atoms with Crippen molar-refractivity contribution in [3.8, 4) is 17.1 Å². The van der Waals surface area contributed by atoms with Crippen molar-refractivity contribution in [2.75, 3.05) is 12.5 Å². The molecule has 0 unspecified atom stereocenters. The summed E-state index contributed by atoms with van der Waals surface area (Å²) in [6, 6.07) is 7.83. The van der Waals surface area contributed by atoms with Gasteiger partial charge in [-0.1, -0.05) is 0 Å². The summed E-state index contributed by atoms with van der Waals surface area (Å²) in [7, 11) is 1.66. The number of nitrogen functional groups attached to an aromatic ring is 1. The average molecular weight is 286 g/mol. The lowest BCUT2D eigenvalue weighted by molar-refractivity contribution is 0.412. The number of nitrogens with one attached hydrogen (secondary N) is 1. The van der Waals surface area contributed by atoms with Crippen LogP contribution in [0.5, 0.6) is 5.75 Å². The Labute approximate surface area is 120 Å². The molecule has 102 valence electrons. The van der Waals surface area contributed by atoms with E-state index in [4.69, 9.17) is 10.6 Å². The Hall–Kier alpha value is -2.18. The minimum Gasteiger partial charge on any atom is -0.496 e. The number of hydrazine groups is 1. The molecule has 0 saturated heterocycles. The van der Waals surface area contributed by atoms with E-state index in [0.717, 1.165) is 27.1 Å². The normalized spacial score (nSPS) is 10.8. The molecule has 0 aliphatic rings. The number of thiophene rings is 1. The molecule has 3 rings (SSSR count). The first-order valence-corrected chi connectivity index (χ1v) is 6.97. The van der Waals surface area contributed by atoms with Crippen LogP contribution in [0.2, 0.25) is 0 Å². The van der Waals surface area contributed by atoms with Gasteiger partial charge in [-0.25, -0.2) is 15.8 Å². The molecule has 0 bridgehead atoms. The highest BCUT2D eigenvalue weighted by molar-refractivity contribution is 7.16. The highest BCUT2D eigenvalue weighted by Crippen LogP contribution is 2.29. The number of nitrogens with two attached hydrogens (primary N) is 1. The number of anilines is 1. The highest BCUT2D eigenvalue weighted by atomic mass is 32.1. The Morgan fingerprint density at radius 2 is 2.10 bits per heavy atom. The van der Waals surface area contributed by atoms with Gasteiger partial charge < -0.3 is 10.2 Å². The van der Waals surface area contributed by atoms with Crippen molar-refractivity contribution < 1.29 is 4.74 Å². The second kappa shape index (κ2) is 5.07. The Bertz CT molecular complexity index is 769. The molecule has 2 heterocycles. The van der Waals surface area contributed by atoms with Crippen molar-refractivity contribution in [3.63, 3.8) is 0 Å². The third-order valence-electron chi connectivity index (χ3n) is 3.11. The van der Waals surface area contributed by atoms with Crippen molar-refractivity contribution >= 4 is 27.4 Å². The second-order valence-electron chi connectivity index (χ2n) is 4.36. The summed E-state index contributed by atoms with van der Waals surface area (Å²) in [6.07, 6.45) is 0. The average Bonchev–Trinajstić information content (AvgIpc) is 2.94. The van der Waals surface area contributed by atoms with Gasteiger partial charge in [0.2, 0.25) is 0 Å². The van der Waals surface area contributed by atoms with Gasteiger partial charge in [0.15, 0.2) is 11.6 Å². The monoisotopic (exact) mass is 286 g/mol. The van der Waals surface area contributed by atoms with Crippen LogP contribution in [0, 0.1) is 6.92 Å². The molecular weight excluding hydrogens is 272 g/mol.